The highest BCUT2D eigenvalue weighted by atomic mass is 16.5. The van der Waals surface area contributed by atoms with Crippen LogP contribution in [0, 0.1) is 0 Å². The fourth-order valence-electron chi connectivity index (χ4n) is 5.55. The predicted molar refractivity (Wildman–Crippen MR) is 160 cm³/mol. The molecule has 1 fully saturated rings. The number of carbonyl (C=O) groups excluding carboxylic acids is 1. The first-order valence-electron chi connectivity index (χ1n) is 14.4. The van der Waals surface area contributed by atoms with E-state index in [1.807, 2.05) is 66.7 Å². The molecule has 0 unspecified atom stereocenters. The lowest BCUT2D eigenvalue weighted by Crippen LogP contribution is -2.52. The van der Waals surface area contributed by atoms with Crippen molar-refractivity contribution in [2.75, 3.05) is 13.2 Å². The molecule has 1 aliphatic carbocycles. The number of hydrogen-bond donors (Lipinski definition) is 3. The summed E-state index contributed by atoms with van der Waals surface area (Å²) in [6.07, 6.45) is 4.40. The molecule has 3 N–H and O–H groups in total. The molecule has 0 saturated heterocycles. The van der Waals surface area contributed by atoms with Gasteiger partial charge in [0.1, 0.15) is 5.75 Å². The number of aliphatic imine (C=N–C) groups is 1. The van der Waals surface area contributed by atoms with Crippen LogP contribution in [-0.2, 0) is 9.53 Å². The van der Waals surface area contributed by atoms with E-state index >= 15 is 0 Å². The minimum atomic E-state index is -1.24. The summed E-state index contributed by atoms with van der Waals surface area (Å²) in [6, 6.07) is 25.6. The molecule has 2 aliphatic rings. The van der Waals surface area contributed by atoms with E-state index < -0.39 is 11.6 Å². The third-order valence-electron chi connectivity index (χ3n) is 7.84. The molecule has 1 amide bonds. The van der Waals surface area contributed by atoms with Crippen molar-refractivity contribution in [1.29, 1.82) is 0 Å². The lowest BCUT2D eigenvalue weighted by Gasteiger charge is -2.33. The van der Waals surface area contributed by atoms with Crippen molar-refractivity contribution in [3.8, 4) is 16.9 Å². The van der Waals surface area contributed by atoms with E-state index in [1.54, 1.807) is 6.08 Å². The molecule has 0 spiro atoms. The Morgan fingerprint density at radius 2 is 1.63 bits per heavy atom. The molecule has 1 saturated carbocycles. The zero-order valence-electron chi connectivity index (χ0n) is 23.2. The molecule has 3 aromatic rings. The zero-order valence-corrected chi connectivity index (χ0v) is 23.2. The van der Waals surface area contributed by atoms with Crippen LogP contribution in [0.25, 0.3) is 11.1 Å². The number of rotatable bonds is 11. The summed E-state index contributed by atoms with van der Waals surface area (Å²) in [7, 11) is 0. The first-order valence-corrected chi connectivity index (χ1v) is 14.4. The first-order chi connectivity index (χ1) is 20.0. The average molecular weight is 555 g/mol. The number of ether oxygens (including phenoxy) is 2. The van der Waals surface area contributed by atoms with Crippen molar-refractivity contribution in [2.45, 2.75) is 62.3 Å². The Bertz CT molecular complexity index is 1330. The van der Waals surface area contributed by atoms with Gasteiger partial charge in [-0.25, -0.2) is 4.99 Å². The molecule has 41 heavy (non-hydrogen) atoms. The van der Waals surface area contributed by atoms with Crippen LogP contribution in [0.15, 0.2) is 96.5 Å². The van der Waals surface area contributed by atoms with Crippen LogP contribution in [0.2, 0.25) is 0 Å². The Balaban J connectivity index is 1.46. The number of aliphatic hydroxyl groups is 2. The minimum Gasteiger partial charge on any atom is -0.494 e. The molecular formula is C34H38N2O5. The summed E-state index contributed by atoms with van der Waals surface area (Å²) in [6.45, 7) is 4.46. The first kappa shape index (κ1) is 28.6. The SMILES string of the molecule is C=CC[C@@]1(C(=O)NC2CCC(O)CC2)N=C(c2ccc(OCCCO)cc2)O[C@@H]1c1ccc(-c2ccccc2)cc1. The lowest BCUT2D eigenvalue weighted by molar-refractivity contribution is -0.130. The molecule has 7 heteroatoms. The second kappa shape index (κ2) is 13.1. The largest absolute Gasteiger partial charge is 0.494 e. The molecule has 0 radical (unpaired) electrons. The predicted octanol–water partition coefficient (Wildman–Crippen LogP) is 5.37. The third kappa shape index (κ3) is 6.53. The average Bonchev–Trinajstić information content (AvgIpc) is 3.40. The van der Waals surface area contributed by atoms with Crippen molar-refractivity contribution >= 4 is 11.8 Å². The Morgan fingerprint density at radius 1 is 0.976 bits per heavy atom. The van der Waals surface area contributed by atoms with Crippen LogP contribution >= 0.6 is 0 Å². The van der Waals surface area contributed by atoms with Crippen molar-refractivity contribution < 1.29 is 24.5 Å². The molecule has 0 bridgehead atoms. The maximum atomic E-state index is 14.1. The Hall–Kier alpha value is -3.94. The smallest absolute Gasteiger partial charge is 0.252 e. The summed E-state index contributed by atoms with van der Waals surface area (Å²) in [5.41, 5.74) is 2.54. The maximum Gasteiger partial charge on any atom is 0.252 e. The Morgan fingerprint density at radius 3 is 2.29 bits per heavy atom. The number of nitrogens with zero attached hydrogens (tertiary/aromatic N) is 1. The van der Waals surface area contributed by atoms with Gasteiger partial charge in [0.05, 0.1) is 12.7 Å². The molecule has 2 atom stereocenters. The number of aliphatic hydroxyl groups excluding tert-OH is 2. The molecule has 7 nitrogen and oxygen atoms in total. The highest BCUT2D eigenvalue weighted by molar-refractivity contribution is 6.01. The molecule has 1 heterocycles. The minimum absolute atomic E-state index is 0.0247. The molecule has 5 rings (SSSR count). The van der Waals surface area contributed by atoms with Crippen LogP contribution in [-0.4, -0.2) is 52.9 Å². The fraction of sp³-hybridized carbons (Fsp3) is 0.353. The van der Waals surface area contributed by atoms with Gasteiger partial charge in [0.2, 0.25) is 5.90 Å². The topological polar surface area (TPSA) is 100 Å². The summed E-state index contributed by atoms with van der Waals surface area (Å²) >= 11 is 0. The van der Waals surface area contributed by atoms with E-state index in [2.05, 4.69) is 24.0 Å². The number of benzene rings is 3. The van der Waals surface area contributed by atoms with Gasteiger partial charge in [-0.1, -0.05) is 60.7 Å². The van der Waals surface area contributed by atoms with Gasteiger partial charge in [0, 0.05) is 31.1 Å². The fourth-order valence-corrected chi connectivity index (χ4v) is 5.55. The second-order valence-corrected chi connectivity index (χ2v) is 10.7. The van der Waals surface area contributed by atoms with Gasteiger partial charge >= 0.3 is 0 Å². The third-order valence-corrected chi connectivity index (χ3v) is 7.84. The van der Waals surface area contributed by atoms with E-state index in [9.17, 15) is 9.90 Å². The number of carbonyl (C=O) groups is 1. The van der Waals surface area contributed by atoms with E-state index in [0.717, 1.165) is 35.1 Å². The van der Waals surface area contributed by atoms with Gasteiger partial charge in [0.15, 0.2) is 11.6 Å². The van der Waals surface area contributed by atoms with Crippen LogP contribution in [0.3, 0.4) is 0 Å². The molecular weight excluding hydrogens is 516 g/mol. The quantitative estimate of drug-likeness (QED) is 0.219. The van der Waals surface area contributed by atoms with Crippen LogP contribution < -0.4 is 10.1 Å². The van der Waals surface area contributed by atoms with Gasteiger partial charge in [-0.15, -0.1) is 6.58 Å². The standard InChI is InChI=1S/C34H38N2O5/c1-2-21-34(33(39)35-28-15-17-29(38)18-16-28)31(26-11-9-25(10-12-26)24-7-4-3-5-8-24)41-32(36-34)27-13-19-30(20-14-27)40-23-6-22-37/h2-5,7-14,19-20,28-29,31,37-38H,1,6,15-18,21-23H2,(H,35,39)/t28?,29?,31-,34-/m1/s1. The van der Waals surface area contributed by atoms with Crippen molar-refractivity contribution in [3.63, 3.8) is 0 Å². The summed E-state index contributed by atoms with van der Waals surface area (Å²) < 4.78 is 12.2. The van der Waals surface area contributed by atoms with E-state index in [-0.39, 0.29) is 24.7 Å². The van der Waals surface area contributed by atoms with Crippen molar-refractivity contribution in [2.24, 2.45) is 4.99 Å². The summed E-state index contributed by atoms with van der Waals surface area (Å²) in [5, 5.41) is 22.2. The van der Waals surface area contributed by atoms with Crippen LogP contribution in [0.1, 0.15) is 55.8 Å². The highest BCUT2D eigenvalue weighted by Crippen LogP contribution is 2.43. The molecule has 214 valence electrons. The van der Waals surface area contributed by atoms with Gasteiger partial charge in [-0.2, -0.15) is 0 Å². The lowest BCUT2D eigenvalue weighted by atomic mass is 9.83. The maximum absolute atomic E-state index is 14.1. The van der Waals surface area contributed by atoms with Crippen molar-refractivity contribution in [3.05, 3.63) is 103 Å². The molecule has 1 aliphatic heterocycles. The molecule has 3 aromatic carbocycles. The Kier molecular flexibility index (Phi) is 9.17. The number of hydrogen-bond acceptors (Lipinski definition) is 6. The summed E-state index contributed by atoms with van der Waals surface area (Å²) in [5.74, 6) is 0.874. The van der Waals surface area contributed by atoms with E-state index in [4.69, 9.17) is 19.6 Å². The summed E-state index contributed by atoms with van der Waals surface area (Å²) in [4.78, 5) is 19.1. The zero-order chi connectivity index (χ0) is 28.7. The molecule has 0 aromatic heterocycles. The number of amides is 1. The highest BCUT2D eigenvalue weighted by Gasteiger charge is 2.52. The second-order valence-electron chi connectivity index (χ2n) is 10.7. The Labute approximate surface area is 241 Å². The van der Waals surface area contributed by atoms with Gasteiger partial charge in [-0.3, -0.25) is 4.79 Å². The van der Waals surface area contributed by atoms with Gasteiger partial charge in [-0.05, 0) is 66.6 Å². The number of nitrogens with one attached hydrogen (secondary N) is 1. The van der Waals surface area contributed by atoms with Gasteiger partial charge in [0.25, 0.3) is 5.91 Å². The van der Waals surface area contributed by atoms with E-state index in [1.165, 1.54) is 0 Å². The van der Waals surface area contributed by atoms with Gasteiger partial charge < -0.3 is 25.0 Å². The van der Waals surface area contributed by atoms with Crippen molar-refractivity contribution in [1.82, 2.24) is 5.32 Å². The van der Waals surface area contributed by atoms with E-state index in [0.29, 0.717) is 43.9 Å². The monoisotopic (exact) mass is 554 g/mol. The van der Waals surface area contributed by atoms with Crippen LogP contribution in [0.4, 0.5) is 0 Å². The normalized spacial score (nSPS) is 23.8. The van der Waals surface area contributed by atoms with Crippen LogP contribution in [0.5, 0.6) is 5.75 Å².